The lowest BCUT2D eigenvalue weighted by molar-refractivity contribution is -0.103. The lowest BCUT2D eigenvalue weighted by Gasteiger charge is -2.29. The van der Waals surface area contributed by atoms with Gasteiger partial charge in [0.15, 0.2) is 6.29 Å². The first-order chi connectivity index (χ1) is 8.35. The average molecular weight is 230 g/mol. The number of allylic oxidation sites excluding steroid dienone is 1. The van der Waals surface area contributed by atoms with Crippen molar-refractivity contribution in [3.63, 3.8) is 0 Å². The van der Waals surface area contributed by atoms with E-state index in [-0.39, 0.29) is 0 Å². The van der Waals surface area contributed by atoms with Gasteiger partial charge in [0.2, 0.25) is 0 Å². The van der Waals surface area contributed by atoms with Gasteiger partial charge in [-0.25, -0.2) is 0 Å². The topological polar surface area (TPSA) is 32.3 Å². The molecule has 1 aliphatic heterocycles. The highest BCUT2D eigenvalue weighted by Gasteiger charge is 2.14. The molecule has 1 aliphatic rings. The molecule has 0 unspecified atom stereocenters. The van der Waals surface area contributed by atoms with Crippen LogP contribution in [0.1, 0.15) is 31.7 Å². The number of hydrazine groups is 1. The second-order valence-electron chi connectivity index (χ2n) is 4.26. The van der Waals surface area contributed by atoms with Gasteiger partial charge >= 0.3 is 0 Å². The van der Waals surface area contributed by atoms with E-state index in [1.165, 1.54) is 12.8 Å². The maximum absolute atomic E-state index is 11.1. The number of carbonyl (C=O) groups excluding carboxylic acids is 1. The number of unbranched alkanes of at least 4 members (excludes halogenated alkanes) is 2. The van der Waals surface area contributed by atoms with E-state index in [0.717, 1.165) is 36.1 Å². The lowest BCUT2D eigenvalue weighted by Crippen LogP contribution is -2.29. The minimum atomic E-state index is 0.746. The lowest BCUT2D eigenvalue weighted by atomic mass is 10.0. The Bertz CT molecular complexity index is 426. The van der Waals surface area contributed by atoms with Gasteiger partial charge in [-0.1, -0.05) is 38.0 Å². The number of rotatable bonds is 5. The molecule has 0 saturated heterocycles. The molecule has 1 N–H and O–H groups in total. The maximum Gasteiger partial charge on any atom is 0.152 e. The second-order valence-corrected chi connectivity index (χ2v) is 4.26. The third kappa shape index (κ3) is 2.67. The van der Waals surface area contributed by atoms with E-state index in [4.69, 9.17) is 0 Å². The molecular formula is C14H18N2O. The number of fused-ring (bicyclic) bond motifs is 1. The highest BCUT2D eigenvalue weighted by molar-refractivity contribution is 6.09. The summed E-state index contributed by atoms with van der Waals surface area (Å²) in [6, 6.07) is 7.89. The Kier molecular flexibility index (Phi) is 3.81. The number of hydrogen-bond donors (Lipinski definition) is 1. The third-order valence-electron chi connectivity index (χ3n) is 2.93. The van der Waals surface area contributed by atoms with Gasteiger partial charge in [0.05, 0.1) is 5.69 Å². The number of carbonyl (C=O) groups is 1. The van der Waals surface area contributed by atoms with Crippen LogP contribution >= 0.6 is 0 Å². The number of nitrogens with zero attached hydrogens (tertiary/aromatic N) is 1. The van der Waals surface area contributed by atoms with Gasteiger partial charge in [0, 0.05) is 23.9 Å². The fraction of sp³-hybridized carbons (Fsp3) is 0.357. The Morgan fingerprint density at radius 1 is 1.29 bits per heavy atom. The van der Waals surface area contributed by atoms with E-state index in [1.54, 1.807) is 0 Å². The van der Waals surface area contributed by atoms with Crippen molar-refractivity contribution in [3.8, 4) is 0 Å². The number of benzene rings is 1. The van der Waals surface area contributed by atoms with Crippen LogP contribution in [0.5, 0.6) is 0 Å². The summed E-state index contributed by atoms with van der Waals surface area (Å²) in [5.41, 5.74) is 6.05. The first-order valence-electron chi connectivity index (χ1n) is 6.15. The molecule has 0 fully saturated rings. The summed E-state index contributed by atoms with van der Waals surface area (Å²) in [5, 5.41) is 2.00. The molecule has 1 aromatic carbocycles. The Labute approximate surface area is 102 Å². The highest BCUT2D eigenvalue weighted by atomic mass is 16.1. The molecule has 1 aromatic rings. The van der Waals surface area contributed by atoms with Gasteiger partial charge < -0.3 is 0 Å². The van der Waals surface area contributed by atoms with E-state index >= 15 is 0 Å². The SMILES string of the molecule is CCCCCN1C=C(C=O)c2ccccc2N1. The molecule has 0 aliphatic carbocycles. The van der Waals surface area contributed by atoms with Crippen LogP contribution in [-0.4, -0.2) is 17.8 Å². The van der Waals surface area contributed by atoms with Crippen molar-refractivity contribution < 1.29 is 4.79 Å². The van der Waals surface area contributed by atoms with Gasteiger partial charge in [-0.3, -0.25) is 15.2 Å². The summed E-state index contributed by atoms with van der Waals surface area (Å²) in [6.45, 7) is 3.12. The second kappa shape index (κ2) is 5.53. The summed E-state index contributed by atoms with van der Waals surface area (Å²) in [6.07, 6.45) is 6.37. The van der Waals surface area contributed by atoms with Crippen molar-refractivity contribution in [2.45, 2.75) is 26.2 Å². The molecule has 3 nitrogen and oxygen atoms in total. The zero-order valence-electron chi connectivity index (χ0n) is 10.1. The number of aldehydes is 1. The average Bonchev–Trinajstić information content (AvgIpc) is 2.38. The molecule has 1 heterocycles. The first kappa shape index (κ1) is 11.7. The van der Waals surface area contributed by atoms with Crippen molar-refractivity contribution in [2.75, 3.05) is 12.0 Å². The normalized spacial score (nSPS) is 13.7. The Hall–Kier alpha value is -1.77. The van der Waals surface area contributed by atoms with E-state index in [9.17, 15) is 4.79 Å². The van der Waals surface area contributed by atoms with Crippen LogP contribution in [0.25, 0.3) is 5.57 Å². The predicted octanol–water partition coefficient (Wildman–Crippen LogP) is 3.06. The van der Waals surface area contributed by atoms with E-state index < -0.39 is 0 Å². The van der Waals surface area contributed by atoms with Crippen LogP contribution in [0.3, 0.4) is 0 Å². The van der Waals surface area contributed by atoms with Crippen molar-refractivity contribution in [1.29, 1.82) is 0 Å². The smallest absolute Gasteiger partial charge is 0.152 e. The van der Waals surface area contributed by atoms with Crippen LogP contribution in [0.2, 0.25) is 0 Å². The maximum atomic E-state index is 11.1. The van der Waals surface area contributed by atoms with Crippen molar-refractivity contribution in [1.82, 2.24) is 5.01 Å². The minimum absolute atomic E-state index is 0.746. The quantitative estimate of drug-likeness (QED) is 0.623. The fourth-order valence-corrected chi connectivity index (χ4v) is 2.00. The van der Waals surface area contributed by atoms with Crippen LogP contribution < -0.4 is 5.43 Å². The monoisotopic (exact) mass is 230 g/mol. The van der Waals surface area contributed by atoms with E-state index in [1.807, 2.05) is 35.5 Å². The molecule has 0 spiro atoms. The van der Waals surface area contributed by atoms with E-state index in [2.05, 4.69) is 12.3 Å². The Morgan fingerprint density at radius 3 is 2.88 bits per heavy atom. The van der Waals surface area contributed by atoms with Gasteiger partial charge in [0.1, 0.15) is 0 Å². The Balaban J connectivity index is 2.13. The van der Waals surface area contributed by atoms with Gasteiger partial charge in [-0.2, -0.15) is 0 Å². The number of nitrogens with one attached hydrogen (secondary N) is 1. The molecule has 0 atom stereocenters. The van der Waals surface area contributed by atoms with E-state index in [0.29, 0.717) is 0 Å². The molecule has 17 heavy (non-hydrogen) atoms. The minimum Gasteiger partial charge on any atom is -0.298 e. The molecular weight excluding hydrogens is 212 g/mol. The van der Waals surface area contributed by atoms with Gasteiger partial charge in [-0.15, -0.1) is 0 Å². The van der Waals surface area contributed by atoms with Crippen molar-refractivity contribution in [3.05, 3.63) is 36.0 Å². The summed E-state index contributed by atoms with van der Waals surface area (Å²) in [5.74, 6) is 0. The molecule has 0 bridgehead atoms. The third-order valence-corrected chi connectivity index (χ3v) is 2.93. The zero-order chi connectivity index (χ0) is 12.1. The van der Waals surface area contributed by atoms with Gasteiger partial charge in [0.25, 0.3) is 0 Å². The van der Waals surface area contributed by atoms with Crippen molar-refractivity contribution in [2.24, 2.45) is 0 Å². The molecule has 2 rings (SSSR count). The number of para-hydroxylation sites is 1. The molecule has 3 heteroatoms. The molecule has 0 radical (unpaired) electrons. The highest BCUT2D eigenvalue weighted by Crippen LogP contribution is 2.27. The number of hydrogen-bond acceptors (Lipinski definition) is 3. The summed E-state index contributed by atoms with van der Waals surface area (Å²) >= 11 is 0. The number of anilines is 1. The largest absolute Gasteiger partial charge is 0.298 e. The van der Waals surface area contributed by atoms with Crippen LogP contribution in [0.15, 0.2) is 30.5 Å². The summed E-state index contributed by atoms with van der Waals surface area (Å²) < 4.78 is 0. The standard InChI is InChI=1S/C14H18N2O/c1-2-3-6-9-16-10-12(11-17)13-7-4-5-8-14(13)15-16/h4-5,7-8,10-11,15H,2-3,6,9H2,1H3. The molecule has 0 aromatic heterocycles. The molecule has 0 amide bonds. The molecule has 90 valence electrons. The van der Waals surface area contributed by atoms with Gasteiger partial charge in [-0.05, 0) is 12.5 Å². The summed E-state index contributed by atoms with van der Waals surface area (Å²) in [7, 11) is 0. The zero-order valence-corrected chi connectivity index (χ0v) is 10.1. The van der Waals surface area contributed by atoms with Crippen LogP contribution in [0, 0.1) is 0 Å². The first-order valence-corrected chi connectivity index (χ1v) is 6.15. The van der Waals surface area contributed by atoms with Crippen molar-refractivity contribution >= 4 is 17.5 Å². The Morgan fingerprint density at radius 2 is 2.12 bits per heavy atom. The van der Waals surface area contributed by atoms with Crippen LogP contribution in [-0.2, 0) is 4.79 Å². The van der Waals surface area contributed by atoms with Crippen LogP contribution in [0.4, 0.5) is 5.69 Å². The summed E-state index contributed by atoms with van der Waals surface area (Å²) in [4.78, 5) is 11.1. The fourth-order valence-electron chi connectivity index (χ4n) is 2.00. The predicted molar refractivity (Wildman–Crippen MR) is 70.3 cm³/mol. The molecule has 0 saturated carbocycles.